The molecule has 3 rings (SSSR count). The van der Waals surface area contributed by atoms with Crippen LogP contribution in [0.15, 0.2) is 41.8 Å². The van der Waals surface area contributed by atoms with E-state index in [-0.39, 0.29) is 47.6 Å². The number of benzene rings is 1. The molecule has 1 aromatic carbocycles. The molecule has 172 valence electrons. The quantitative estimate of drug-likeness (QED) is 0.217. The van der Waals surface area contributed by atoms with Gasteiger partial charge in [-0.15, -0.1) is 0 Å². The Morgan fingerprint density at radius 2 is 2.09 bits per heavy atom. The summed E-state index contributed by atoms with van der Waals surface area (Å²) >= 11 is 0. The molecule has 0 aromatic heterocycles. The smallest absolute Gasteiger partial charge is 0.306 e. The maximum Gasteiger partial charge on any atom is 0.306 e. The molecule has 1 saturated heterocycles. The second-order valence-electron chi connectivity index (χ2n) is 7.63. The predicted octanol–water partition coefficient (Wildman–Crippen LogP) is 2.25. The molecule has 1 heterocycles. The Bertz CT molecular complexity index is 903. The molecule has 2 N–H and O–H groups in total. The van der Waals surface area contributed by atoms with Crippen molar-refractivity contribution in [3.05, 3.63) is 47.4 Å². The van der Waals surface area contributed by atoms with Crippen molar-refractivity contribution in [2.45, 2.75) is 32.3 Å². The Kier molecular flexibility index (Phi) is 8.27. The lowest BCUT2D eigenvalue weighted by molar-refractivity contribution is -0.144. The summed E-state index contributed by atoms with van der Waals surface area (Å²) in [6, 6.07) is 4.21. The molecule has 32 heavy (non-hydrogen) atoms. The zero-order valence-electron chi connectivity index (χ0n) is 17.9. The number of esters is 1. The lowest BCUT2D eigenvalue weighted by Crippen LogP contribution is -2.31. The second kappa shape index (κ2) is 11.3. The van der Waals surface area contributed by atoms with Gasteiger partial charge >= 0.3 is 5.97 Å². The summed E-state index contributed by atoms with van der Waals surface area (Å²) in [4.78, 5) is 34.5. The Balaban J connectivity index is 1.36. The first-order valence-electron chi connectivity index (χ1n) is 10.5. The minimum Gasteiger partial charge on any atom is -0.507 e. The van der Waals surface area contributed by atoms with Crippen molar-refractivity contribution in [3.8, 4) is 11.5 Å². The first kappa shape index (κ1) is 23.3. The van der Waals surface area contributed by atoms with E-state index in [0.29, 0.717) is 45.4 Å². The van der Waals surface area contributed by atoms with E-state index in [1.165, 1.54) is 18.2 Å². The Hall–Kier alpha value is -3.33. The van der Waals surface area contributed by atoms with Crippen molar-refractivity contribution >= 4 is 18.2 Å². The fourth-order valence-corrected chi connectivity index (χ4v) is 3.00. The molecule has 0 saturated carbocycles. The van der Waals surface area contributed by atoms with Crippen LogP contribution < -0.4 is 10.1 Å². The first-order chi connectivity index (χ1) is 15.4. The lowest BCUT2D eigenvalue weighted by atomic mass is 9.97. The summed E-state index contributed by atoms with van der Waals surface area (Å²) in [6.45, 7) is 3.12. The van der Waals surface area contributed by atoms with E-state index in [4.69, 9.17) is 18.9 Å². The molecular formula is C23H27NO8. The van der Waals surface area contributed by atoms with Crippen LogP contribution in [0.3, 0.4) is 0 Å². The van der Waals surface area contributed by atoms with Crippen LogP contribution in [0.4, 0.5) is 0 Å². The van der Waals surface area contributed by atoms with E-state index in [0.717, 1.165) is 11.5 Å². The molecule has 0 spiro atoms. The normalized spacial score (nSPS) is 19.3. The van der Waals surface area contributed by atoms with Gasteiger partial charge in [0, 0.05) is 30.5 Å². The number of ether oxygens (including phenoxy) is 4. The van der Waals surface area contributed by atoms with Gasteiger partial charge in [0.2, 0.25) is 0 Å². The van der Waals surface area contributed by atoms with Gasteiger partial charge in [0.25, 0.3) is 5.91 Å². The number of carbonyl (C=O) groups is 3. The monoisotopic (exact) mass is 445 g/mol. The van der Waals surface area contributed by atoms with Crippen LogP contribution in [0.2, 0.25) is 0 Å². The second-order valence-corrected chi connectivity index (χ2v) is 7.63. The summed E-state index contributed by atoms with van der Waals surface area (Å²) in [6.07, 6.45) is 5.67. The fraction of sp³-hybridized carbons (Fsp3) is 0.435. The van der Waals surface area contributed by atoms with E-state index in [1.807, 2.05) is 6.92 Å². The highest BCUT2D eigenvalue weighted by molar-refractivity contribution is 5.80. The summed E-state index contributed by atoms with van der Waals surface area (Å²) < 4.78 is 21.1. The van der Waals surface area contributed by atoms with Crippen LogP contribution >= 0.6 is 0 Å². The van der Waals surface area contributed by atoms with Crippen LogP contribution in [0.1, 0.15) is 36.5 Å². The number of allylic oxidation sites excluding steroid dienone is 4. The van der Waals surface area contributed by atoms with Crippen molar-refractivity contribution in [1.82, 2.24) is 5.32 Å². The van der Waals surface area contributed by atoms with Crippen molar-refractivity contribution < 1.29 is 38.4 Å². The highest BCUT2D eigenvalue weighted by atomic mass is 16.6. The number of rotatable bonds is 12. The molecule has 2 unspecified atom stereocenters. The molecule has 1 aromatic rings. The number of phenols is 1. The number of epoxide rings is 1. The molecule has 0 bridgehead atoms. The summed E-state index contributed by atoms with van der Waals surface area (Å²) in [7, 11) is 0. The van der Waals surface area contributed by atoms with Crippen LogP contribution in [-0.2, 0) is 23.8 Å². The van der Waals surface area contributed by atoms with Crippen molar-refractivity contribution in [2.24, 2.45) is 5.92 Å². The average molecular weight is 445 g/mol. The maximum atomic E-state index is 12.2. The topological polar surface area (TPSA) is 124 Å². The fourth-order valence-electron chi connectivity index (χ4n) is 3.00. The van der Waals surface area contributed by atoms with Crippen LogP contribution in [0, 0.1) is 5.92 Å². The minimum atomic E-state index is -0.338. The van der Waals surface area contributed by atoms with Crippen LogP contribution in [0.25, 0.3) is 0 Å². The van der Waals surface area contributed by atoms with Gasteiger partial charge in [-0.3, -0.25) is 14.4 Å². The number of amides is 1. The summed E-state index contributed by atoms with van der Waals surface area (Å²) in [5, 5.41) is 12.5. The van der Waals surface area contributed by atoms with E-state index in [9.17, 15) is 19.5 Å². The lowest BCUT2D eigenvalue weighted by Gasteiger charge is -2.22. The van der Waals surface area contributed by atoms with Gasteiger partial charge < -0.3 is 29.4 Å². The highest BCUT2D eigenvalue weighted by Crippen LogP contribution is 2.25. The van der Waals surface area contributed by atoms with Crippen molar-refractivity contribution in [1.29, 1.82) is 0 Å². The number of hydrogen-bond acceptors (Lipinski definition) is 8. The largest absolute Gasteiger partial charge is 0.507 e. The standard InChI is InChI=1S/C23H27NO8/c1-15-9-17(29-8-2-3-23(28)32-13-19-12-30-19)6-7-20(15)24-22(27)14-31-18-5-4-16(11-25)21(26)10-18/h4-7,10-11,15,19,26H,2-3,8-9,12-14H2,1H3,(H,24,27). The number of carbonyl (C=O) groups excluding carboxylic acids is 3. The average Bonchev–Trinajstić information content (AvgIpc) is 3.60. The molecule has 2 aliphatic rings. The minimum absolute atomic E-state index is 0.0402. The molecule has 0 radical (unpaired) electrons. The first-order valence-corrected chi connectivity index (χ1v) is 10.5. The summed E-state index contributed by atoms with van der Waals surface area (Å²) in [5.74, 6) is 0.320. The molecule has 9 nitrogen and oxygen atoms in total. The highest BCUT2D eigenvalue weighted by Gasteiger charge is 2.24. The zero-order valence-corrected chi connectivity index (χ0v) is 17.9. The van der Waals surface area contributed by atoms with Crippen molar-refractivity contribution in [2.75, 3.05) is 26.4 Å². The summed E-state index contributed by atoms with van der Waals surface area (Å²) in [5.41, 5.74) is 0.896. The number of nitrogens with one attached hydrogen (secondary N) is 1. The Morgan fingerprint density at radius 3 is 2.78 bits per heavy atom. The van der Waals surface area contributed by atoms with Gasteiger partial charge in [-0.25, -0.2) is 0 Å². The molecule has 1 aliphatic heterocycles. The van der Waals surface area contributed by atoms with E-state index < -0.39 is 0 Å². The molecule has 1 amide bonds. The number of hydrogen-bond donors (Lipinski definition) is 2. The van der Waals surface area contributed by atoms with Gasteiger partial charge in [0.1, 0.15) is 24.2 Å². The van der Waals surface area contributed by atoms with E-state index in [1.54, 1.807) is 12.2 Å². The molecule has 9 heteroatoms. The van der Waals surface area contributed by atoms with Gasteiger partial charge in [0.05, 0.1) is 24.5 Å². The molecule has 1 fully saturated rings. The molecular weight excluding hydrogens is 418 g/mol. The van der Waals surface area contributed by atoms with Crippen LogP contribution in [0.5, 0.6) is 11.5 Å². The van der Waals surface area contributed by atoms with Crippen LogP contribution in [-0.4, -0.2) is 55.8 Å². The predicted molar refractivity (Wildman–Crippen MR) is 113 cm³/mol. The van der Waals surface area contributed by atoms with E-state index in [2.05, 4.69) is 5.32 Å². The third-order valence-electron chi connectivity index (χ3n) is 4.91. The van der Waals surface area contributed by atoms with Gasteiger partial charge in [0.15, 0.2) is 12.9 Å². The van der Waals surface area contributed by atoms with Gasteiger partial charge in [-0.1, -0.05) is 6.92 Å². The van der Waals surface area contributed by atoms with Crippen molar-refractivity contribution in [3.63, 3.8) is 0 Å². The zero-order chi connectivity index (χ0) is 22.9. The maximum absolute atomic E-state index is 12.2. The third-order valence-corrected chi connectivity index (χ3v) is 4.91. The molecule has 2 atom stereocenters. The molecule has 1 aliphatic carbocycles. The number of aldehydes is 1. The number of phenolic OH excluding ortho intramolecular Hbond substituents is 1. The third kappa shape index (κ3) is 7.42. The van der Waals surface area contributed by atoms with Gasteiger partial charge in [-0.05, 0) is 30.7 Å². The Labute approximate surface area is 186 Å². The van der Waals surface area contributed by atoms with E-state index >= 15 is 0 Å². The SMILES string of the molecule is CC1CC(OCCCC(=O)OCC2CO2)=CC=C1NC(=O)COc1ccc(C=O)c(O)c1. The Morgan fingerprint density at radius 1 is 1.28 bits per heavy atom. The number of aromatic hydroxyl groups is 1. The van der Waals surface area contributed by atoms with Gasteiger partial charge in [-0.2, -0.15) is 0 Å².